The van der Waals surface area contributed by atoms with Crippen molar-refractivity contribution in [3.63, 3.8) is 0 Å². The van der Waals surface area contributed by atoms with E-state index in [2.05, 4.69) is 0 Å². The fraction of sp³-hybridized carbons (Fsp3) is 0.571. The standard InChI is InChI=1S/C7H8N2O/c1-3-6(10)7(2,4-8)5-9/h3H2,1-2H3. The van der Waals surface area contributed by atoms with E-state index >= 15 is 0 Å². The number of nitrogens with zero attached hydrogens (tertiary/aromatic N) is 2. The van der Waals surface area contributed by atoms with Crippen LogP contribution in [0.25, 0.3) is 0 Å². The highest BCUT2D eigenvalue weighted by molar-refractivity contribution is 5.89. The molecule has 0 aliphatic heterocycles. The lowest BCUT2D eigenvalue weighted by Crippen LogP contribution is -2.22. The van der Waals surface area contributed by atoms with Gasteiger partial charge < -0.3 is 0 Å². The normalized spacial score (nSPS) is 9.60. The van der Waals surface area contributed by atoms with Crippen LogP contribution < -0.4 is 0 Å². The molecule has 0 saturated carbocycles. The SMILES string of the molecule is CCC(=O)C(C)(C#N)C#N. The Balaban J connectivity index is 4.58. The number of carbonyl (C=O) groups excluding carboxylic acids is 1. The monoisotopic (exact) mass is 136 g/mol. The van der Waals surface area contributed by atoms with Crippen molar-refractivity contribution < 1.29 is 4.79 Å². The number of hydrogen-bond acceptors (Lipinski definition) is 3. The van der Waals surface area contributed by atoms with Crippen molar-refractivity contribution >= 4 is 5.78 Å². The molecule has 0 radical (unpaired) electrons. The van der Waals surface area contributed by atoms with Gasteiger partial charge in [-0.25, -0.2) is 0 Å². The van der Waals surface area contributed by atoms with Gasteiger partial charge in [-0.15, -0.1) is 0 Å². The van der Waals surface area contributed by atoms with Gasteiger partial charge in [0.05, 0.1) is 12.1 Å². The molecule has 0 saturated heterocycles. The molecule has 3 nitrogen and oxygen atoms in total. The maximum Gasteiger partial charge on any atom is 0.198 e. The topological polar surface area (TPSA) is 64.7 Å². The molecule has 0 aromatic rings. The second kappa shape index (κ2) is 2.98. The first-order chi connectivity index (χ1) is 4.60. The van der Waals surface area contributed by atoms with Gasteiger partial charge in [0.1, 0.15) is 0 Å². The van der Waals surface area contributed by atoms with Crippen molar-refractivity contribution in [2.45, 2.75) is 20.3 Å². The second-order valence-corrected chi connectivity index (χ2v) is 2.13. The molecule has 0 fully saturated rings. The van der Waals surface area contributed by atoms with Gasteiger partial charge in [-0.2, -0.15) is 10.5 Å². The van der Waals surface area contributed by atoms with Crippen molar-refractivity contribution in [3.05, 3.63) is 0 Å². The molecule has 0 rings (SSSR count). The molecule has 0 spiro atoms. The Labute approximate surface area is 59.9 Å². The third-order valence-corrected chi connectivity index (χ3v) is 1.33. The number of carbonyl (C=O) groups is 1. The predicted octanol–water partition coefficient (Wildman–Crippen LogP) is 1.02. The average Bonchev–Trinajstić information content (AvgIpc) is 2.01. The minimum atomic E-state index is -1.44. The molecule has 0 aliphatic rings. The molecule has 0 amide bonds. The average molecular weight is 136 g/mol. The molecular formula is C7H8N2O. The first kappa shape index (κ1) is 8.65. The van der Waals surface area contributed by atoms with Gasteiger partial charge in [0.2, 0.25) is 0 Å². The van der Waals surface area contributed by atoms with E-state index in [1.807, 2.05) is 0 Å². The number of nitriles is 2. The van der Waals surface area contributed by atoms with Crippen molar-refractivity contribution in [3.8, 4) is 12.1 Å². The molecule has 0 atom stereocenters. The summed E-state index contributed by atoms with van der Waals surface area (Å²) in [4.78, 5) is 10.9. The molecular weight excluding hydrogens is 128 g/mol. The van der Waals surface area contributed by atoms with E-state index in [0.717, 1.165) is 0 Å². The lowest BCUT2D eigenvalue weighted by atomic mass is 9.88. The summed E-state index contributed by atoms with van der Waals surface area (Å²) in [5.41, 5.74) is -1.44. The Morgan fingerprint density at radius 2 is 1.90 bits per heavy atom. The third-order valence-electron chi connectivity index (χ3n) is 1.33. The summed E-state index contributed by atoms with van der Waals surface area (Å²) in [5.74, 6) is -0.322. The minimum absolute atomic E-state index is 0.234. The van der Waals surface area contributed by atoms with Gasteiger partial charge in [0.25, 0.3) is 0 Å². The summed E-state index contributed by atoms with van der Waals surface area (Å²) in [7, 11) is 0. The van der Waals surface area contributed by atoms with Crippen LogP contribution in [-0.4, -0.2) is 5.78 Å². The third kappa shape index (κ3) is 1.33. The Morgan fingerprint density at radius 3 is 2.00 bits per heavy atom. The summed E-state index contributed by atoms with van der Waals surface area (Å²) in [6.45, 7) is 2.97. The van der Waals surface area contributed by atoms with E-state index in [1.54, 1.807) is 19.1 Å². The molecule has 0 heterocycles. The van der Waals surface area contributed by atoms with E-state index < -0.39 is 5.41 Å². The first-order valence-corrected chi connectivity index (χ1v) is 2.96. The van der Waals surface area contributed by atoms with Crippen LogP contribution >= 0.6 is 0 Å². The van der Waals surface area contributed by atoms with Crippen molar-refractivity contribution in [1.29, 1.82) is 10.5 Å². The number of Topliss-reactive ketones (excluding diaryl/α,β-unsaturated/α-hetero) is 1. The van der Waals surface area contributed by atoms with E-state index in [4.69, 9.17) is 10.5 Å². The maximum absolute atomic E-state index is 10.9. The van der Waals surface area contributed by atoms with Crippen LogP contribution in [0.4, 0.5) is 0 Å². The van der Waals surface area contributed by atoms with E-state index in [1.165, 1.54) is 6.92 Å². The summed E-state index contributed by atoms with van der Waals surface area (Å²) in [6, 6.07) is 3.34. The Morgan fingerprint density at radius 1 is 1.50 bits per heavy atom. The van der Waals surface area contributed by atoms with Crippen LogP contribution in [0.15, 0.2) is 0 Å². The summed E-state index contributed by atoms with van der Waals surface area (Å²) in [6.07, 6.45) is 0.234. The van der Waals surface area contributed by atoms with Gasteiger partial charge >= 0.3 is 0 Å². The molecule has 0 N–H and O–H groups in total. The highest BCUT2D eigenvalue weighted by Gasteiger charge is 2.31. The predicted molar refractivity (Wildman–Crippen MR) is 34.6 cm³/mol. The van der Waals surface area contributed by atoms with E-state index in [9.17, 15) is 4.79 Å². The molecule has 10 heavy (non-hydrogen) atoms. The molecule has 0 unspecified atom stereocenters. The Bertz CT molecular complexity index is 205. The molecule has 3 heteroatoms. The van der Waals surface area contributed by atoms with Crippen molar-refractivity contribution in [2.24, 2.45) is 5.41 Å². The van der Waals surface area contributed by atoms with Crippen LogP contribution in [-0.2, 0) is 4.79 Å². The molecule has 0 aromatic heterocycles. The minimum Gasteiger partial charge on any atom is -0.297 e. The summed E-state index contributed by atoms with van der Waals surface area (Å²) < 4.78 is 0. The van der Waals surface area contributed by atoms with Crippen LogP contribution in [0.3, 0.4) is 0 Å². The molecule has 0 bridgehead atoms. The highest BCUT2D eigenvalue weighted by atomic mass is 16.1. The van der Waals surface area contributed by atoms with Crippen LogP contribution in [0.2, 0.25) is 0 Å². The quantitative estimate of drug-likeness (QED) is 0.569. The fourth-order valence-corrected chi connectivity index (χ4v) is 0.503. The highest BCUT2D eigenvalue weighted by Crippen LogP contribution is 2.15. The van der Waals surface area contributed by atoms with Gasteiger partial charge in [-0.1, -0.05) is 6.92 Å². The van der Waals surface area contributed by atoms with Crippen LogP contribution in [0.1, 0.15) is 20.3 Å². The number of hydrogen-bond donors (Lipinski definition) is 0. The number of rotatable bonds is 2. The number of ketones is 1. The van der Waals surface area contributed by atoms with Crippen molar-refractivity contribution in [1.82, 2.24) is 0 Å². The zero-order valence-corrected chi connectivity index (χ0v) is 6.01. The smallest absolute Gasteiger partial charge is 0.198 e. The zero-order valence-electron chi connectivity index (χ0n) is 6.01. The first-order valence-electron chi connectivity index (χ1n) is 2.96. The van der Waals surface area contributed by atoms with Crippen LogP contribution in [0.5, 0.6) is 0 Å². The Hall–Kier alpha value is -1.35. The van der Waals surface area contributed by atoms with Crippen LogP contribution in [0, 0.1) is 28.1 Å². The van der Waals surface area contributed by atoms with Gasteiger partial charge in [-0.05, 0) is 6.92 Å². The Kier molecular flexibility index (Phi) is 2.58. The largest absolute Gasteiger partial charge is 0.297 e. The summed E-state index contributed by atoms with van der Waals surface area (Å²) >= 11 is 0. The van der Waals surface area contributed by atoms with Crippen molar-refractivity contribution in [2.75, 3.05) is 0 Å². The summed E-state index contributed by atoms with van der Waals surface area (Å²) in [5, 5.41) is 16.8. The lowest BCUT2D eigenvalue weighted by Gasteiger charge is -2.06. The van der Waals surface area contributed by atoms with Gasteiger partial charge in [0, 0.05) is 6.42 Å². The molecule has 0 aliphatic carbocycles. The van der Waals surface area contributed by atoms with E-state index in [-0.39, 0.29) is 12.2 Å². The molecule has 0 aromatic carbocycles. The zero-order chi connectivity index (χ0) is 8.20. The fourth-order valence-electron chi connectivity index (χ4n) is 0.503. The van der Waals surface area contributed by atoms with Gasteiger partial charge in [0.15, 0.2) is 11.2 Å². The molecule has 52 valence electrons. The van der Waals surface area contributed by atoms with E-state index in [0.29, 0.717) is 0 Å². The second-order valence-electron chi connectivity index (χ2n) is 2.13. The lowest BCUT2D eigenvalue weighted by molar-refractivity contribution is -0.122. The maximum atomic E-state index is 10.9. The van der Waals surface area contributed by atoms with Gasteiger partial charge in [-0.3, -0.25) is 4.79 Å².